The number of carbonyl (C=O) groups excluding carboxylic acids is 2. The standard InChI is InChI=1S/C21H25ClFNO.C8H18.C3H6O.C3H8/c1-5-12-21(4,17-8-11-19(22)14(2)13-17)20(25)24-15(3)16-6-9-18(23)10-7-16;1-4-6-8(3)7-5-2;1-3(2)4;1-3-2/h6-11,13,15H,5,12H2,1-4H3,(H,24,25);8H,4-7H2,1-3H3;1-2H3;3H2,1-2H3/t15-,21?;;;/m0.../s1. The fourth-order valence-corrected chi connectivity index (χ4v) is 4.32. The normalized spacial score (nSPS) is 12.3. The molecule has 2 aromatic carbocycles. The van der Waals surface area contributed by atoms with Gasteiger partial charge in [0.1, 0.15) is 11.6 Å². The Morgan fingerprint density at radius 2 is 1.38 bits per heavy atom. The van der Waals surface area contributed by atoms with Crippen molar-refractivity contribution >= 4 is 23.3 Å². The SMILES string of the molecule is CC(C)=O.CCC.CCCC(C)(C(=O)N[C@@H](C)c1ccc(F)cc1)c1ccc(Cl)c(C)c1.CCCC(C)CCC. The molecule has 0 aliphatic carbocycles. The van der Waals surface area contributed by atoms with Crippen molar-refractivity contribution in [3.63, 3.8) is 0 Å². The predicted octanol–water partition coefficient (Wildman–Crippen LogP) is 11.0. The van der Waals surface area contributed by atoms with Crippen molar-refractivity contribution in [3.05, 3.63) is 70.0 Å². The molecule has 2 atom stereocenters. The zero-order chi connectivity index (χ0) is 31.3. The highest BCUT2D eigenvalue weighted by molar-refractivity contribution is 6.31. The minimum atomic E-state index is -0.640. The lowest BCUT2D eigenvalue weighted by molar-refractivity contribution is -0.127. The summed E-state index contributed by atoms with van der Waals surface area (Å²) in [7, 11) is 0. The van der Waals surface area contributed by atoms with Crippen molar-refractivity contribution in [2.75, 3.05) is 0 Å². The zero-order valence-corrected chi connectivity index (χ0v) is 28.0. The second-order valence-corrected chi connectivity index (χ2v) is 11.5. The molecule has 5 heteroatoms. The number of ketones is 1. The Morgan fingerprint density at radius 3 is 1.77 bits per heavy atom. The van der Waals surface area contributed by atoms with Gasteiger partial charge in [-0.3, -0.25) is 4.79 Å². The molecule has 0 radical (unpaired) electrons. The van der Waals surface area contributed by atoms with Crippen LogP contribution in [-0.2, 0) is 15.0 Å². The van der Waals surface area contributed by atoms with Gasteiger partial charge in [-0.2, -0.15) is 0 Å². The Morgan fingerprint density at radius 1 is 0.900 bits per heavy atom. The zero-order valence-electron chi connectivity index (χ0n) is 27.2. The largest absolute Gasteiger partial charge is 0.349 e. The highest BCUT2D eigenvalue weighted by atomic mass is 35.5. The average molecular weight is 578 g/mol. The number of rotatable bonds is 10. The summed E-state index contributed by atoms with van der Waals surface area (Å²) in [6.07, 6.45) is 8.39. The van der Waals surface area contributed by atoms with Crippen LogP contribution in [0.3, 0.4) is 0 Å². The van der Waals surface area contributed by atoms with Gasteiger partial charge in [0.25, 0.3) is 0 Å². The van der Waals surface area contributed by atoms with Crippen molar-refractivity contribution in [2.45, 2.75) is 133 Å². The Kier molecular flexibility index (Phi) is 22.5. The molecule has 2 rings (SSSR count). The van der Waals surface area contributed by atoms with Crippen LogP contribution in [0.4, 0.5) is 4.39 Å². The van der Waals surface area contributed by atoms with Gasteiger partial charge in [-0.15, -0.1) is 0 Å². The third kappa shape index (κ3) is 16.8. The number of Topliss-reactive ketones (excluding diaryl/α,β-unsaturated/α-hetero) is 1. The van der Waals surface area contributed by atoms with Gasteiger partial charge in [-0.1, -0.05) is 116 Å². The van der Waals surface area contributed by atoms with Gasteiger partial charge in [0.15, 0.2) is 0 Å². The van der Waals surface area contributed by atoms with Crippen LogP contribution in [0, 0.1) is 18.7 Å². The Bertz CT molecular complexity index is 950. The monoisotopic (exact) mass is 577 g/mol. The fraction of sp³-hybridized carbons (Fsp3) is 0.600. The van der Waals surface area contributed by atoms with Crippen LogP contribution in [0.15, 0.2) is 42.5 Å². The smallest absolute Gasteiger partial charge is 0.230 e. The van der Waals surface area contributed by atoms with E-state index in [2.05, 4.69) is 46.9 Å². The first-order valence-electron chi connectivity index (χ1n) is 15.0. The molecule has 3 nitrogen and oxygen atoms in total. The molecule has 0 aliphatic rings. The summed E-state index contributed by atoms with van der Waals surface area (Å²) in [6.45, 7) is 22.0. The Balaban J connectivity index is 0. The summed E-state index contributed by atoms with van der Waals surface area (Å²) in [5.74, 6) is 0.813. The minimum Gasteiger partial charge on any atom is -0.349 e. The molecule has 0 heterocycles. The number of aryl methyl sites for hydroxylation is 1. The molecule has 0 saturated carbocycles. The summed E-state index contributed by atoms with van der Waals surface area (Å²) in [5, 5.41) is 3.78. The molecule has 0 aromatic heterocycles. The van der Waals surface area contributed by atoms with Crippen LogP contribution in [-0.4, -0.2) is 11.7 Å². The van der Waals surface area contributed by atoms with Gasteiger partial charge in [-0.25, -0.2) is 4.39 Å². The molecular weight excluding hydrogens is 521 g/mol. The maximum atomic E-state index is 13.1. The summed E-state index contributed by atoms with van der Waals surface area (Å²) >= 11 is 6.13. The lowest BCUT2D eigenvalue weighted by Crippen LogP contribution is -2.43. The first-order valence-corrected chi connectivity index (χ1v) is 15.4. The Hall–Kier alpha value is -2.20. The van der Waals surface area contributed by atoms with E-state index >= 15 is 0 Å². The maximum Gasteiger partial charge on any atom is 0.230 e. The lowest BCUT2D eigenvalue weighted by Gasteiger charge is -2.31. The molecule has 2 aromatic rings. The van der Waals surface area contributed by atoms with E-state index in [-0.39, 0.29) is 23.5 Å². The highest BCUT2D eigenvalue weighted by Crippen LogP contribution is 2.32. The summed E-state index contributed by atoms with van der Waals surface area (Å²) < 4.78 is 13.1. The maximum absolute atomic E-state index is 13.1. The highest BCUT2D eigenvalue weighted by Gasteiger charge is 2.35. The van der Waals surface area contributed by atoms with Crippen molar-refractivity contribution in [1.82, 2.24) is 5.32 Å². The first-order chi connectivity index (χ1) is 18.7. The van der Waals surface area contributed by atoms with Gasteiger partial charge in [-0.05, 0) is 81.8 Å². The predicted molar refractivity (Wildman–Crippen MR) is 173 cm³/mol. The van der Waals surface area contributed by atoms with Gasteiger partial charge in [0, 0.05) is 5.02 Å². The number of amides is 1. The third-order valence-corrected chi connectivity index (χ3v) is 6.75. The van der Waals surface area contributed by atoms with Crippen LogP contribution < -0.4 is 5.32 Å². The van der Waals surface area contributed by atoms with Crippen LogP contribution in [0.1, 0.15) is 137 Å². The Labute approximate surface area is 250 Å². The van der Waals surface area contributed by atoms with E-state index in [0.29, 0.717) is 5.02 Å². The first kappa shape index (κ1) is 39.9. The molecule has 1 unspecified atom stereocenters. The molecule has 0 fully saturated rings. The van der Waals surface area contributed by atoms with Crippen LogP contribution in [0.25, 0.3) is 0 Å². The van der Waals surface area contributed by atoms with Crippen molar-refractivity contribution < 1.29 is 14.0 Å². The molecule has 0 aliphatic heterocycles. The molecular formula is C35H57ClFNO2. The summed E-state index contributed by atoms with van der Waals surface area (Å²) in [6, 6.07) is 11.8. The number of nitrogens with one attached hydrogen (secondary N) is 1. The number of halogens is 2. The van der Waals surface area contributed by atoms with Gasteiger partial charge in [0.05, 0.1) is 11.5 Å². The van der Waals surface area contributed by atoms with Crippen LogP contribution in [0.2, 0.25) is 5.02 Å². The summed E-state index contributed by atoms with van der Waals surface area (Å²) in [4.78, 5) is 22.5. The van der Waals surface area contributed by atoms with Crippen LogP contribution in [0.5, 0.6) is 0 Å². The van der Waals surface area contributed by atoms with E-state index in [0.717, 1.165) is 35.4 Å². The fourth-order valence-electron chi connectivity index (χ4n) is 4.20. The molecule has 1 amide bonds. The van der Waals surface area contributed by atoms with E-state index in [1.54, 1.807) is 12.1 Å². The second-order valence-electron chi connectivity index (χ2n) is 11.1. The molecule has 228 valence electrons. The quantitative estimate of drug-likeness (QED) is 0.305. The van der Waals surface area contributed by atoms with E-state index in [4.69, 9.17) is 11.6 Å². The second kappa shape index (κ2) is 22.5. The molecule has 0 spiro atoms. The average Bonchev–Trinajstić information content (AvgIpc) is 2.87. The third-order valence-electron chi connectivity index (χ3n) is 6.33. The topological polar surface area (TPSA) is 46.2 Å². The number of carbonyl (C=O) groups is 2. The van der Waals surface area contributed by atoms with E-state index in [9.17, 15) is 14.0 Å². The molecule has 0 bridgehead atoms. The molecule has 40 heavy (non-hydrogen) atoms. The number of hydrogen-bond acceptors (Lipinski definition) is 2. The lowest BCUT2D eigenvalue weighted by atomic mass is 9.77. The van der Waals surface area contributed by atoms with Gasteiger partial charge in [0.2, 0.25) is 5.91 Å². The molecule has 0 saturated heterocycles. The van der Waals surface area contributed by atoms with E-state index in [1.807, 2.05) is 39.0 Å². The summed E-state index contributed by atoms with van der Waals surface area (Å²) in [5.41, 5.74) is 2.15. The number of hydrogen-bond donors (Lipinski definition) is 1. The minimum absolute atomic E-state index is 0.0344. The number of benzene rings is 2. The van der Waals surface area contributed by atoms with Crippen molar-refractivity contribution in [3.8, 4) is 0 Å². The van der Waals surface area contributed by atoms with Gasteiger partial charge < -0.3 is 10.1 Å². The van der Waals surface area contributed by atoms with Crippen molar-refractivity contribution in [1.29, 1.82) is 0 Å². The van der Waals surface area contributed by atoms with Gasteiger partial charge >= 0.3 is 0 Å². The van der Waals surface area contributed by atoms with Crippen molar-refractivity contribution in [2.24, 2.45) is 5.92 Å². The van der Waals surface area contributed by atoms with E-state index < -0.39 is 5.41 Å². The van der Waals surface area contributed by atoms with E-state index in [1.165, 1.54) is 58.1 Å². The van der Waals surface area contributed by atoms with Crippen LogP contribution >= 0.6 is 11.6 Å². The molecule has 1 N–H and O–H groups in total.